The summed E-state index contributed by atoms with van der Waals surface area (Å²) in [6.45, 7) is 6.07. The first kappa shape index (κ1) is 14.5. The van der Waals surface area contributed by atoms with Crippen molar-refractivity contribution in [1.82, 2.24) is 10.3 Å². The summed E-state index contributed by atoms with van der Waals surface area (Å²) in [7, 11) is 0. The molecule has 0 unspecified atom stereocenters. The van der Waals surface area contributed by atoms with Crippen LogP contribution in [0.5, 0.6) is 0 Å². The second-order valence-electron chi connectivity index (χ2n) is 3.20. The first-order valence-electron chi connectivity index (χ1n) is 4.81. The van der Waals surface area contributed by atoms with E-state index in [2.05, 4.69) is 29.5 Å². The average Bonchev–Trinajstić information content (AvgIpc) is 2.17. The highest BCUT2D eigenvalue weighted by atomic mass is 35.5. The van der Waals surface area contributed by atoms with E-state index in [1.807, 2.05) is 12.1 Å². The molecule has 0 saturated carbocycles. The van der Waals surface area contributed by atoms with Crippen LogP contribution >= 0.6 is 24.0 Å². The first-order valence-corrected chi connectivity index (χ1v) is 5.19. The number of nitrogens with one attached hydrogen (secondary N) is 2. The van der Waals surface area contributed by atoms with Crippen LogP contribution in [0.15, 0.2) is 18.3 Å². The van der Waals surface area contributed by atoms with Crippen molar-refractivity contribution in [3.05, 3.63) is 23.4 Å². The molecular formula is C10H17Cl2N3. The maximum Gasteiger partial charge on any atom is 0.126 e. The van der Waals surface area contributed by atoms with Crippen molar-refractivity contribution in [3.8, 4) is 0 Å². The molecule has 86 valence electrons. The van der Waals surface area contributed by atoms with E-state index in [1.54, 1.807) is 6.20 Å². The third kappa shape index (κ3) is 5.82. The molecular weight excluding hydrogens is 233 g/mol. The van der Waals surface area contributed by atoms with Crippen molar-refractivity contribution in [2.75, 3.05) is 18.4 Å². The molecule has 0 spiro atoms. The Hall–Kier alpha value is -0.510. The average molecular weight is 250 g/mol. The zero-order valence-electron chi connectivity index (χ0n) is 8.96. The summed E-state index contributed by atoms with van der Waals surface area (Å²) in [5.74, 6) is 0.860. The summed E-state index contributed by atoms with van der Waals surface area (Å²) in [6, 6.07) is 4.15. The van der Waals surface area contributed by atoms with Crippen LogP contribution < -0.4 is 10.6 Å². The topological polar surface area (TPSA) is 37.0 Å². The highest BCUT2D eigenvalue weighted by Gasteiger charge is 1.99. The van der Waals surface area contributed by atoms with Gasteiger partial charge in [0.25, 0.3) is 0 Å². The smallest absolute Gasteiger partial charge is 0.126 e. The van der Waals surface area contributed by atoms with Crippen molar-refractivity contribution >= 4 is 29.8 Å². The van der Waals surface area contributed by atoms with Crippen molar-refractivity contribution < 1.29 is 0 Å². The molecule has 0 aliphatic heterocycles. The number of likely N-dealkylation sites (N-methyl/N-ethyl adjacent to an activating group) is 1. The molecule has 1 aromatic rings. The Balaban J connectivity index is 0.00000196. The zero-order chi connectivity index (χ0) is 10.4. The normalized spacial score (nSPS) is 11.7. The highest BCUT2D eigenvalue weighted by molar-refractivity contribution is 6.30. The van der Waals surface area contributed by atoms with Gasteiger partial charge < -0.3 is 10.6 Å². The van der Waals surface area contributed by atoms with E-state index < -0.39 is 0 Å². The van der Waals surface area contributed by atoms with Crippen LogP contribution in [0, 0.1) is 0 Å². The fourth-order valence-electron chi connectivity index (χ4n) is 1.16. The van der Waals surface area contributed by atoms with E-state index >= 15 is 0 Å². The van der Waals surface area contributed by atoms with Gasteiger partial charge in [0.15, 0.2) is 0 Å². The van der Waals surface area contributed by atoms with Crippen LogP contribution in [-0.4, -0.2) is 24.1 Å². The molecule has 3 nitrogen and oxygen atoms in total. The van der Waals surface area contributed by atoms with Crippen LogP contribution in [0.4, 0.5) is 5.82 Å². The van der Waals surface area contributed by atoms with Gasteiger partial charge >= 0.3 is 0 Å². The van der Waals surface area contributed by atoms with Gasteiger partial charge in [-0.1, -0.05) is 18.5 Å². The Morgan fingerprint density at radius 1 is 1.47 bits per heavy atom. The predicted molar refractivity (Wildman–Crippen MR) is 68.1 cm³/mol. The molecule has 0 radical (unpaired) electrons. The molecule has 0 aliphatic rings. The van der Waals surface area contributed by atoms with Crippen molar-refractivity contribution in [1.29, 1.82) is 0 Å². The van der Waals surface area contributed by atoms with Crippen LogP contribution in [0.2, 0.25) is 5.02 Å². The number of nitrogens with zero attached hydrogens (tertiary/aromatic N) is 1. The molecule has 0 saturated heterocycles. The van der Waals surface area contributed by atoms with E-state index in [4.69, 9.17) is 11.6 Å². The van der Waals surface area contributed by atoms with Gasteiger partial charge in [0.1, 0.15) is 5.82 Å². The molecule has 0 amide bonds. The quantitative estimate of drug-likeness (QED) is 0.843. The molecule has 1 heterocycles. The van der Waals surface area contributed by atoms with E-state index in [-0.39, 0.29) is 12.4 Å². The summed E-state index contributed by atoms with van der Waals surface area (Å²) in [5, 5.41) is 7.20. The zero-order valence-corrected chi connectivity index (χ0v) is 10.5. The van der Waals surface area contributed by atoms with Crippen molar-refractivity contribution in [2.45, 2.75) is 19.9 Å². The van der Waals surface area contributed by atoms with Crippen LogP contribution in [0.1, 0.15) is 13.8 Å². The summed E-state index contributed by atoms with van der Waals surface area (Å²) < 4.78 is 0. The third-order valence-electron chi connectivity index (χ3n) is 1.87. The largest absolute Gasteiger partial charge is 0.369 e. The van der Waals surface area contributed by atoms with Crippen molar-refractivity contribution in [2.24, 2.45) is 0 Å². The predicted octanol–water partition coefficient (Wildman–Crippen LogP) is 2.57. The van der Waals surface area contributed by atoms with E-state index in [0.717, 1.165) is 18.9 Å². The second-order valence-corrected chi connectivity index (χ2v) is 3.64. The molecule has 5 heteroatoms. The minimum Gasteiger partial charge on any atom is -0.369 e. The molecule has 0 aliphatic carbocycles. The fraction of sp³-hybridized carbons (Fsp3) is 0.500. The van der Waals surface area contributed by atoms with Crippen molar-refractivity contribution in [3.63, 3.8) is 0 Å². The third-order valence-corrected chi connectivity index (χ3v) is 2.09. The lowest BCUT2D eigenvalue weighted by atomic mass is 10.3. The van der Waals surface area contributed by atoms with Crippen LogP contribution in [0.3, 0.4) is 0 Å². The van der Waals surface area contributed by atoms with Gasteiger partial charge in [-0.2, -0.15) is 0 Å². The molecule has 1 rings (SSSR count). The van der Waals surface area contributed by atoms with E-state index in [9.17, 15) is 0 Å². The number of halogens is 2. The van der Waals surface area contributed by atoms with Gasteiger partial charge in [-0.3, -0.25) is 0 Å². The Morgan fingerprint density at radius 3 is 2.73 bits per heavy atom. The summed E-state index contributed by atoms with van der Waals surface area (Å²) in [5.41, 5.74) is 0. The Kier molecular flexibility index (Phi) is 7.48. The molecule has 2 N–H and O–H groups in total. The molecule has 0 fully saturated rings. The van der Waals surface area contributed by atoms with Crippen LogP contribution in [-0.2, 0) is 0 Å². The standard InChI is InChI=1S/C10H16ClN3.ClH/c1-3-12-8(2)6-13-10-5-4-9(11)7-14-10;/h4-5,7-8,12H,3,6H2,1-2H3,(H,13,14);1H/t8-;/m0./s1. The van der Waals surface area contributed by atoms with Gasteiger partial charge in [0, 0.05) is 18.8 Å². The second kappa shape index (κ2) is 7.74. The minimum atomic E-state index is 0. The molecule has 0 aromatic carbocycles. The van der Waals surface area contributed by atoms with Gasteiger partial charge in [0.05, 0.1) is 5.02 Å². The SMILES string of the molecule is CCN[C@@H](C)CNc1ccc(Cl)cn1.Cl. The van der Waals surface area contributed by atoms with Crippen LogP contribution in [0.25, 0.3) is 0 Å². The lowest BCUT2D eigenvalue weighted by Crippen LogP contribution is -2.32. The van der Waals surface area contributed by atoms with Gasteiger partial charge in [-0.05, 0) is 25.6 Å². The molecule has 0 bridgehead atoms. The summed E-state index contributed by atoms with van der Waals surface area (Å²) in [4.78, 5) is 4.14. The van der Waals surface area contributed by atoms with E-state index in [1.165, 1.54) is 0 Å². The van der Waals surface area contributed by atoms with Gasteiger partial charge in [-0.25, -0.2) is 4.98 Å². The molecule has 1 aromatic heterocycles. The fourth-order valence-corrected chi connectivity index (χ4v) is 1.27. The monoisotopic (exact) mass is 249 g/mol. The maximum atomic E-state index is 5.72. The molecule has 15 heavy (non-hydrogen) atoms. The minimum absolute atomic E-state index is 0. The number of rotatable bonds is 5. The highest BCUT2D eigenvalue weighted by Crippen LogP contribution is 2.09. The lowest BCUT2D eigenvalue weighted by molar-refractivity contribution is 0.589. The Morgan fingerprint density at radius 2 is 2.20 bits per heavy atom. The van der Waals surface area contributed by atoms with Gasteiger partial charge in [0.2, 0.25) is 0 Å². The number of anilines is 1. The first-order chi connectivity index (χ1) is 6.72. The Labute approximate surface area is 102 Å². The summed E-state index contributed by atoms with van der Waals surface area (Å²) in [6.07, 6.45) is 1.64. The number of pyridine rings is 1. The molecule has 1 atom stereocenters. The Bertz CT molecular complexity index is 264. The number of hydrogen-bond acceptors (Lipinski definition) is 3. The van der Waals surface area contributed by atoms with Gasteiger partial charge in [-0.15, -0.1) is 12.4 Å². The maximum absolute atomic E-state index is 5.72. The number of aromatic nitrogens is 1. The number of hydrogen-bond donors (Lipinski definition) is 2. The lowest BCUT2D eigenvalue weighted by Gasteiger charge is -2.13. The van der Waals surface area contributed by atoms with E-state index in [0.29, 0.717) is 11.1 Å². The summed E-state index contributed by atoms with van der Waals surface area (Å²) >= 11 is 5.72.